The van der Waals surface area contributed by atoms with Crippen molar-refractivity contribution >= 4 is 17.9 Å². The van der Waals surface area contributed by atoms with E-state index in [1.165, 1.54) is 9.80 Å². The van der Waals surface area contributed by atoms with Crippen molar-refractivity contribution in [1.82, 2.24) is 15.1 Å². The van der Waals surface area contributed by atoms with E-state index in [1.807, 2.05) is 0 Å². The lowest BCUT2D eigenvalue weighted by atomic mass is 9.96. The van der Waals surface area contributed by atoms with Gasteiger partial charge in [0, 0.05) is 27.2 Å². The molecule has 7 heteroatoms. The van der Waals surface area contributed by atoms with Crippen molar-refractivity contribution in [1.29, 1.82) is 0 Å². The number of hydrogen-bond donors (Lipinski definition) is 2. The summed E-state index contributed by atoms with van der Waals surface area (Å²) in [7, 11) is 3.24. The minimum absolute atomic E-state index is 0.0191. The zero-order valence-corrected chi connectivity index (χ0v) is 12.8. The Bertz CT molecular complexity index is 356. The number of carboxylic acids is 1. The van der Waals surface area contributed by atoms with Crippen LogP contribution in [0.2, 0.25) is 0 Å². The molecule has 20 heavy (non-hydrogen) atoms. The fourth-order valence-electron chi connectivity index (χ4n) is 1.55. The van der Waals surface area contributed by atoms with Gasteiger partial charge in [-0.05, 0) is 12.8 Å². The maximum atomic E-state index is 11.9. The summed E-state index contributed by atoms with van der Waals surface area (Å²) in [6, 6.07) is -0.422. The number of carbonyl (C=O) groups excluding carboxylic acids is 2. The molecular weight excluding hydrogens is 262 g/mol. The molecule has 0 fully saturated rings. The number of urea groups is 1. The topological polar surface area (TPSA) is 90.0 Å². The highest BCUT2D eigenvalue weighted by molar-refractivity contribution is 5.84. The van der Waals surface area contributed by atoms with Crippen LogP contribution < -0.4 is 5.32 Å². The standard InChI is InChI=1S/C13H25N3O4/c1-6-16(8-11(17)15(4)5)13(20)14-7-10(9(2)3)12(18)19/h9-10H,6-8H2,1-5H3,(H,14,20)(H,18,19). The molecule has 0 aromatic rings. The Balaban J connectivity index is 4.49. The highest BCUT2D eigenvalue weighted by Gasteiger charge is 2.23. The highest BCUT2D eigenvalue weighted by Crippen LogP contribution is 2.09. The summed E-state index contributed by atoms with van der Waals surface area (Å²) in [5.74, 6) is -1.83. The number of amides is 3. The Morgan fingerprint density at radius 3 is 2.10 bits per heavy atom. The van der Waals surface area contributed by atoms with Crippen molar-refractivity contribution in [3.05, 3.63) is 0 Å². The van der Waals surface area contributed by atoms with Gasteiger partial charge in [-0.25, -0.2) is 4.79 Å². The first-order valence-electron chi connectivity index (χ1n) is 6.66. The molecule has 0 aliphatic rings. The molecule has 0 radical (unpaired) electrons. The van der Waals surface area contributed by atoms with Gasteiger partial charge in [0.15, 0.2) is 0 Å². The van der Waals surface area contributed by atoms with Gasteiger partial charge in [-0.3, -0.25) is 9.59 Å². The van der Waals surface area contributed by atoms with Crippen LogP contribution in [0.25, 0.3) is 0 Å². The Labute approximate surface area is 119 Å². The second kappa shape index (κ2) is 8.39. The van der Waals surface area contributed by atoms with E-state index in [0.29, 0.717) is 6.54 Å². The van der Waals surface area contributed by atoms with Gasteiger partial charge in [-0.2, -0.15) is 0 Å². The molecule has 0 rings (SSSR count). The molecule has 0 aromatic heterocycles. The van der Waals surface area contributed by atoms with Crippen LogP contribution >= 0.6 is 0 Å². The zero-order chi connectivity index (χ0) is 15.9. The Morgan fingerprint density at radius 2 is 1.75 bits per heavy atom. The van der Waals surface area contributed by atoms with E-state index in [0.717, 1.165) is 0 Å². The highest BCUT2D eigenvalue weighted by atomic mass is 16.4. The molecule has 0 saturated carbocycles. The maximum absolute atomic E-state index is 11.9. The van der Waals surface area contributed by atoms with Crippen LogP contribution in [0.5, 0.6) is 0 Å². The van der Waals surface area contributed by atoms with Crippen LogP contribution in [-0.4, -0.2) is 66.5 Å². The van der Waals surface area contributed by atoms with Crippen LogP contribution in [0.15, 0.2) is 0 Å². The van der Waals surface area contributed by atoms with Crippen molar-refractivity contribution < 1.29 is 19.5 Å². The molecule has 7 nitrogen and oxygen atoms in total. The average molecular weight is 287 g/mol. The summed E-state index contributed by atoms with van der Waals surface area (Å²) in [6.45, 7) is 5.76. The number of nitrogens with one attached hydrogen (secondary N) is 1. The summed E-state index contributed by atoms with van der Waals surface area (Å²) in [4.78, 5) is 37.3. The van der Waals surface area contributed by atoms with Crippen LogP contribution in [0.4, 0.5) is 4.79 Å². The lowest BCUT2D eigenvalue weighted by Crippen LogP contribution is -2.47. The lowest BCUT2D eigenvalue weighted by molar-refractivity contribution is -0.143. The summed E-state index contributed by atoms with van der Waals surface area (Å²) in [5, 5.41) is 11.6. The summed E-state index contributed by atoms with van der Waals surface area (Å²) in [6.07, 6.45) is 0. The fraction of sp³-hybridized carbons (Fsp3) is 0.769. The van der Waals surface area contributed by atoms with E-state index in [2.05, 4.69) is 5.32 Å². The number of aliphatic carboxylic acids is 1. The van der Waals surface area contributed by atoms with Crippen molar-refractivity contribution in [3.8, 4) is 0 Å². The molecule has 2 N–H and O–H groups in total. The SMILES string of the molecule is CCN(CC(=O)N(C)C)C(=O)NCC(C(=O)O)C(C)C. The van der Waals surface area contributed by atoms with Gasteiger partial charge in [0.2, 0.25) is 5.91 Å². The quantitative estimate of drug-likeness (QED) is 0.712. The number of rotatable bonds is 7. The number of nitrogens with zero attached hydrogens (tertiary/aromatic N) is 2. The van der Waals surface area contributed by atoms with E-state index in [-0.39, 0.29) is 24.9 Å². The van der Waals surface area contributed by atoms with E-state index in [1.54, 1.807) is 34.9 Å². The maximum Gasteiger partial charge on any atom is 0.317 e. The van der Waals surface area contributed by atoms with Crippen LogP contribution in [0.3, 0.4) is 0 Å². The first-order chi connectivity index (χ1) is 9.20. The normalized spacial score (nSPS) is 11.9. The smallest absolute Gasteiger partial charge is 0.317 e. The van der Waals surface area contributed by atoms with Gasteiger partial charge in [-0.15, -0.1) is 0 Å². The van der Waals surface area contributed by atoms with Crippen molar-refractivity contribution in [2.45, 2.75) is 20.8 Å². The molecule has 0 heterocycles. The number of carboxylic acid groups (broad SMARTS) is 1. The predicted octanol–water partition coefficient (Wildman–Crippen LogP) is 0.463. The zero-order valence-electron chi connectivity index (χ0n) is 12.8. The van der Waals surface area contributed by atoms with Gasteiger partial charge in [0.25, 0.3) is 0 Å². The van der Waals surface area contributed by atoms with Gasteiger partial charge >= 0.3 is 12.0 Å². The fourth-order valence-corrected chi connectivity index (χ4v) is 1.55. The van der Waals surface area contributed by atoms with Crippen LogP contribution in [0.1, 0.15) is 20.8 Å². The molecule has 1 atom stereocenters. The molecule has 3 amide bonds. The molecule has 0 aliphatic heterocycles. The Kier molecular flexibility index (Phi) is 7.64. The molecule has 0 aromatic carbocycles. The third kappa shape index (κ3) is 5.90. The van der Waals surface area contributed by atoms with Gasteiger partial charge in [0.05, 0.1) is 5.92 Å². The summed E-state index contributed by atoms with van der Waals surface area (Å²) < 4.78 is 0. The van der Waals surface area contributed by atoms with E-state index < -0.39 is 17.9 Å². The second-order valence-corrected chi connectivity index (χ2v) is 5.18. The number of carbonyl (C=O) groups is 3. The van der Waals surface area contributed by atoms with E-state index >= 15 is 0 Å². The van der Waals surface area contributed by atoms with Gasteiger partial charge < -0.3 is 20.2 Å². The second-order valence-electron chi connectivity index (χ2n) is 5.18. The van der Waals surface area contributed by atoms with Crippen molar-refractivity contribution in [3.63, 3.8) is 0 Å². The third-order valence-electron chi connectivity index (χ3n) is 3.09. The van der Waals surface area contributed by atoms with Crippen molar-refractivity contribution in [2.75, 3.05) is 33.7 Å². The minimum atomic E-state index is -0.937. The molecule has 0 aliphatic carbocycles. The Hall–Kier alpha value is -1.79. The monoisotopic (exact) mass is 287 g/mol. The molecule has 0 saturated heterocycles. The molecule has 1 unspecified atom stereocenters. The largest absolute Gasteiger partial charge is 0.481 e. The van der Waals surface area contributed by atoms with E-state index in [9.17, 15) is 14.4 Å². The first-order valence-corrected chi connectivity index (χ1v) is 6.66. The number of hydrogen-bond acceptors (Lipinski definition) is 3. The lowest BCUT2D eigenvalue weighted by Gasteiger charge is -2.24. The molecule has 116 valence electrons. The first kappa shape index (κ1) is 18.2. The molecule has 0 bridgehead atoms. The summed E-state index contributed by atoms with van der Waals surface area (Å²) >= 11 is 0. The van der Waals surface area contributed by atoms with Crippen molar-refractivity contribution in [2.24, 2.45) is 11.8 Å². The van der Waals surface area contributed by atoms with Crippen LogP contribution in [0, 0.1) is 11.8 Å². The van der Waals surface area contributed by atoms with E-state index in [4.69, 9.17) is 5.11 Å². The molecule has 0 spiro atoms. The predicted molar refractivity (Wildman–Crippen MR) is 75.3 cm³/mol. The van der Waals surface area contributed by atoms with Gasteiger partial charge in [-0.1, -0.05) is 13.8 Å². The summed E-state index contributed by atoms with van der Waals surface area (Å²) in [5.41, 5.74) is 0. The Morgan fingerprint density at radius 1 is 1.20 bits per heavy atom. The van der Waals surface area contributed by atoms with Crippen LogP contribution in [-0.2, 0) is 9.59 Å². The van der Waals surface area contributed by atoms with Gasteiger partial charge in [0.1, 0.15) is 6.54 Å². The molecular formula is C13H25N3O4. The average Bonchev–Trinajstić information content (AvgIpc) is 2.34. The minimum Gasteiger partial charge on any atom is -0.481 e. The third-order valence-corrected chi connectivity index (χ3v) is 3.09. The number of likely N-dealkylation sites (N-methyl/N-ethyl adjacent to an activating group) is 2.